The van der Waals surface area contributed by atoms with Crippen molar-refractivity contribution < 1.29 is 27.8 Å². The third kappa shape index (κ3) is 7.47. The first-order valence-corrected chi connectivity index (χ1v) is 24.3. The Morgan fingerprint density at radius 1 is 0.870 bits per heavy atom. The van der Waals surface area contributed by atoms with E-state index in [2.05, 4.69) is 70.2 Å². The molecule has 0 bridgehead atoms. The Kier molecular flexibility index (Phi) is 11.2. The Bertz CT molecular complexity index is 2020. The lowest BCUT2D eigenvalue weighted by atomic mass is 9.80. The molecule has 2 aliphatic rings. The second-order valence-electron chi connectivity index (χ2n) is 16.2. The summed E-state index contributed by atoms with van der Waals surface area (Å²) in [5.74, 6) is 1.15. The highest BCUT2D eigenvalue weighted by Gasteiger charge is 2.59. The Morgan fingerprint density at radius 3 is 1.96 bits per heavy atom. The predicted octanol–water partition coefficient (Wildman–Crippen LogP) is 7.48. The van der Waals surface area contributed by atoms with E-state index in [0.717, 1.165) is 33.4 Å². The van der Waals surface area contributed by atoms with Crippen LogP contribution < -0.4 is 20.7 Å². The predicted molar refractivity (Wildman–Crippen MR) is 215 cm³/mol. The van der Waals surface area contributed by atoms with Crippen molar-refractivity contribution in [2.75, 3.05) is 27.4 Å². The minimum absolute atomic E-state index is 0.0500. The fraction of sp³-hybridized carbons (Fsp3) is 0.429. The van der Waals surface area contributed by atoms with Crippen molar-refractivity contribution in [3.05, 3.63) is 139 Å². The molecule has 12 heteroatoms. The van der Waals surface area contributed by atoms with Crippen LogP contribution in [-0.4, -0.2) is 65.8 Å². The fourth-order valence-corrected chi connectivity index (χ4v) is 11.1. The average Bonchev–Trinajstić information content (AvgIpc) is 3.61. The molecule has 0 saturated carbocycles. The van der Waals surface area contributed by atoms with Crippen molar-refractivity contribution in [3.63, 3.8) is 0 Å². The molecule has 10 nitrogen and oxygen atoms in total. The van der Waals surface area contributed by atoms with Gasteiger partial charge in [-0.15, -0.1) is 0 Å². The molecule has 3 aromatic carbocycles. The monoisotopic (exact) mass is 770 g/mol. The normalized spacial score (nSPS) is 22.0. The number of benzene rings is 3. The summed E-state index contributed by atoms with van der Waals surface area (Å²) in [4.78, 5) is 28.5. The molecule has 288 valence electrons. The first kappa shape index (κ1) is 39.6. The maximum Gasteiger partial charge on any atom is 0.330 e. The van der Waals surface area contributed by atoms with Crippen LogP contribution in [0.4, 0.5) is 0 Å². The summed E-state index contributed by atoms with van der Waals surface area (Å²) >= 11 is 0. The zero-order valence-corrected chi connectivity index (χ0v) is 35.1. The molecule has 1 aromatic heterocycles. The van der Waals surface area contributed by atoms with Crippen LogP contribution in [0, 0.1) is 12.8 Å². The number of aromatic amines is 1. The van der Waals surface area contributed by atoms with Crippen molar-refractivity contribution in [2.45, 2.75) is 83.0 Å². The number of aryl methyl sites for hydroxylation is 1. The van der Waals surface area contributed by atoms with Crippen molar-refractivity contribution >= 4 is 16.6 Å². The SMILES string of the molecule is COc1ccc(C(OC[C@H]2O[C@@H](n3cc(C)c(=O)[nH]c3=O)[C@@H]3/C(=C/CO[Si](C)(C)C(C)(C)C)[Si](C)(C)O[C@@H]32)(c2ccccc2)c2ccc(OC)cc2)cc1. The summed E-state index contributed by atoms with van der Waals surface area (Å²) in [6.45, 7) is 17.8. The molecule has 2 aliphatic heterocycles. The largest absolute Gasteiger partial charge is 0.497 e. The third-order valence-corrected chi connectivity index (χ3v) is 18.7. The quantitative estimate of drug-likeness (QED) is 0.117. The lowest BCUT2D eigenvalue weighted by Gasteiger charge is -2.37. The number of rotatable bonds is 12. The van der Waals surface area contributed by atoms with Crippen LogP contribution in [0.15, 0.2) is 106 Å². The first-order chi connectivity index (χ1) is 25.5. The van der Waals surface area contributed by atoms with E-state index >= 15 is 0 Å². The van der Waals surface area contributed by atoms with Crippen molar-refractivity contribution in [1.29, 1.82) is 0 Å². The van der Waals surface area contributed by atoms with E-state index in [1.807, 2.05) is 66.7 Å². The average molecular weight is 771 g/mol. The molecule has 0 amide bonds. The van der Waals surface area contributed by atoms with Gasteiger partial charge < -0.3 is 27.8 Å². The number of nitrogens with zero attached hydrogens (tertiary/aromatic N) is 1. The van der Waals surface area contributed by atoms with Gasteiger partial charge in [0.2, 0.25) is 8.32 Å². The van der Waals surface area contributed by atoms with E-state index in [0.29, 0.717) is 12.2 Å². The van der Waals surface area contributed by atoms with E-state index in [1.54, 1.807) is 27.3 Å². The summed E-state index contributed by atoms with van der Waals surface area (Å²) in [6, 6.07) is 25.9. The highest BCUT2D eigenvalue weighted by molar-refractivity contribution is 6.79. The number of methoxy groups -OCH3 is 2. The molecule has 0 aliphatic carbocycles. The number of fused-ring (bicyclic) bond motifs is 1. The van der Waals surface area contributed by atoms with Gasteiger partial charge in [0, 0.05) is 11.8 Å². The maximum atomic E-state index is 13.5. The zero-order chi connectivity index (χ0) is 39.1. The number of H-pyrrole nitrogens is 1. The highest BCUT2D eigenvalue weighted by atomic mass is 28.4. The zero-order valence-electron chi connectivity index (χ0n) is 33.1. The van der Waals surface area contributed by atoms with Crippen LogP contribution in [0.2, 0.25) is 31.2 Å². The van der Waals surface area contributed by atoms with Gasteiger partial charge in [-0.3, -0.25) is 14.3 Å². The lowest BCUT2D eigenvalue weighted by molar-refractivity contribution is -0.0937. The van der Waals surface area contributed by atoms with Gasteiger partial charge in [0.25, 0.3) is 5.56 Å². The molecular weight excluding hydrogens is 717 g/mol. The second-order valence-corrected chi connectivity index (χ2v) is 24.9. The molecular formula is C42H54N2O8Si2. The summed E-state index contributed by atoms with van der Waals surface area (Å²) in [7, 11) is -1.26. The number of aromatic nitrogens is 2. The van der Waals surface area contributed by atoms with Crippen LogP contribution in [-0.2, 0) is 23.9 Å². The first-order valence-electron chi connectivity index (χ1n) is 18.5. The van der Waals surface area contributed by atoms with Gasteiger partial charge >= 0.3 is 5.69 Å². The molecule has 3 heterocycles. The van der Waals surface area contributed by atoms with Crippen molar-refractivity contribution in [3.8, 4) is 11.5 Å². The van der Waals surface area contributed by atoms with Crippen molar-refractivity contribution in [2.24, 2.45) is 5.92 Å². The molecule has 0 radical (unpaired) electrons. The molecule has 0 spiro atoms. The molecule has 0 unspecified atom stereocenters. The van der Waals surface area contributed by atoms with E-state index in [-0.39, 0.29) is 17.6 Å². The van der Waals surface area contributed by atoms with Gasteiger partial charge in [0.1, 0.15) is 29.4 Å². The smallest absolute Gasteiger partial charge is 0.330 e. The molecule has 2 saturated heterocycles. The van der Waals surface area contributed by atoms with Gasteiger partial charge in [0.15, 0.2) is 8.32 Å². The summed E-state index contributed by atoms with van der Waals surface area (Å²) in [5, 5.41) is 1.17. The Balaban J connectivity index is 1.45. The molecule has 6 rings (SSSR count). The molecule has 4 atom stereocenters. The molecule has 2 fully saturated rings. The van der Waals surface area contributed by atoms with E-state index in [9.17, 15) is 9.59 Å². The van der Waals surface area contributed by atoms with Crippen molar-refractivity contribution in [1.82, 2.24) is 9.55 Å². The lowest BCUT2D eigenvalue weighted by Crippen LogP contribution is -2.41. The number of nitrogens with one attached hydrogen (secondary N) is 1. The van der Waals surface area contributed by atoms with Crippen LogP contribution in [0.3, 0.4) is 0 Å². The number of hydrogen-bond donors (Lipinski definition) is 1. The molecule has 1 N–H and O–H groups in total. The van der Waals surface area contributed by atoms with E-state index in [4.69, 9.17) is 27.8 Å². The Labute approximate surface area is 320 Å². The van der Waals surface area contributed by atoms with Gasteiger partial charge in [-0.25, -0.2) is 4.79 Å². The van der Waals surface area contributed by atoms with Crippen LogP contribution in [0.25, 0.3) is 0 Å². The van der Waals surface area contributed by atoms with Gasteiger partial charge in [-0.05, 0) is 84.3 Å². The third-order valence-electron chi connectivity index (χ3n) is 11.4. The summed E-state index contributed by atoms with van der Waals surface area (Å²) < 4.78 is 40.4. The van der Waals surface area contributed by atoms with Crippen LogP contribution >= 0.6 is 0 Å². The Hall–Kier alpha value is -4.05. The minimum Gasteiger partial charge on any atom is -0.497 e. The van der Waals surface area contributed by atoms with Gasteiger partial charge in [0.05, 0.1) is 39.5 Å². The second kappa shape index (κ2) is 15.2. The van der Waals surface area contributed by atoms with E-state index < -0.39 is 51.9 Å². The molecule has 4 aromatic rings. The molecule has 54 heavy (non-hydrogen) atoms. The van der Waals surface area contributed by atoms with Gasteiger partial charge in [-0.1, -0.05) is 81.4 Å². The van der Waals surface area contributed by atoms with Gasteiger partial charge in [-0.2, -0.15) is 0 Å². The number of ether oxygens (including phenoxy) is 4. The summed E-state index contributed by atoms with van der Waals surface area (Å²) in [6.07, 6.45) is 2.02. The number of hydrogen-bond acceptors (Lipinski definition) is 8. The highest BCUT2D eigenvalue weighted by Crippen LogP contribution is 2.51. The maximum absolute atomic E-state index is 13.5. The van der Waals surface area contributed by atoms with E-state index in [1.165, 1.54) is 4.57 Å². The topological polar surface area (TPSA) is 110 Å². The Morgan fingerprint density at radius 2 is 1.43 bits per heavy atom. The van der Waals surface area contributed by atoms with Crippen LogP contribution in [0.1, 0.15) is 49.3 Å². The standard InChI is InChI=1S/C42H54N2O8Si2/c1-28-26-44(40(46)43-38(28)45)39-36-35(24-25-50-54(9,10)41(2,3)4)53(7,8)52-37(36)34(51-39)27-49-42(29-14-12-11-13-15-29,30-16-20-32(47-5)21-17-30)31-18-22-33(48-6)23-19-31/h11-24,26,34,36-37,39H,25,27H2,1-10H3,(H,43,45,46)/b35-24-/t34-,36-,37-,39-/m1/s1. The summed E-state index contributed by atoms with van der Waals surface area (Å²) in [5.41, 5.74) is 1.08. The fourth-order valence-electron chi connectivity index (χ4n) is 7.39. The minimum atomic E-state index is -2.51. The van der Waals surface area contributed by atoms with Crippen LogP contribution in [0.5, 0.6) is 11.5 Å².